The van der Waals surface area contributed by atoms with E-state index in [4.69, 9.17) is 4.74 Å². The van der Waals surface area contributed by atoms with E-state index in [0.29, 0.717) is 12.6 Å². The van der Waals surface area contributed by atoms with Gasteiger partial charge in [-0.05, 0) is 30.5 Å². The summed E-state index contributed by atoms with van der Waals surface area (Å²) < 4.78 is 5.01. The lowest BCUT2D eigenvalue weighted by molar-refractivity contribution is 0.210. The van der Waals surface area contributed by atoms with Crippen molar-refractivity contribution >= 4 is 17.5 Å². The second kappa shape index (κ2) is 7.59. The molecule has 1 aromatic carbocycles. The molecule has 21 heavy (non-hydrogen) atoms. The molecule has 0 unspecified atom stereocenters. The smallest absolute Gasteiger partial charge is 0.229 e. The van der Waals surface area contributed by atoms with Gasteiger partial charge in [-0.25, -0.2) is 4.98 Å². The molecule has 0 atom stereocenters. The molecule has 0 radical (unpaired) electrons. The summed E-state index contributed by atoms with van der Waals surface area (Å²) >= 11 is 0. The number of hydrogen-bond acceptors (Lipinski definition) is 5. The fourth-order valence-corrected chi connectivity index (χ4v) is 2.11. The zero-order chi connectivity index (χ0) is 15.1. The minimum Gasteiger partial charge on any atom is -0.383 e. The van der Waals surface area contributed by atoms with Crippen molar-refractivity contribution < 1.29 is 4.74 Å². The molecule has 0 aliphatic carbocycles. The van der Waals surface area contributed by atoms with Crippen molar-refractivity contribution in [1.82, 2.24) is 9.97 Å². The fraction of sp³-hybridized carbons (Fsp3) is 0.375. The molecular weight excluding hydrogens is 264 g/mol. The molecule has 0 fully saturated rings. The first-order valence-electron chi connectivity index (χ1n) is 7.16. The summed E-state index contributed by atoms with van der Waals surface area (Å²) in [4.78, 5) is 8.75. The average Bonchev–Trinajstić information content (AvgIpc) is 2.50. The van der Waals surface area contributed by atoms with E-state index in [1.165, 1.54) is 11.1 Å². The van der Waals surface area contributed by atoms with Gasteiger partial charge in [0.1, 0.15) is 5.82 Å². The first-order valence-corrected chi connectivity index (χ1v) is 7.16. The molecule has 2 aromatic rings. The normalized spacial score (nSPS) is 10.4. The third-order valence-electron chi connectivity index (χ3n) is 3.24. The number of anilines is 3. The number of aryl methyl sites for hydroxylation is 2. The molecule has 0 bridgehead atoms. The SMILES string of the molecule is CCc1cccc(C)c1Nc1nccc(NCCOC)n1. The lowest BCUT2D eigenvalue weighted by Gasteiger charge is -2.13. The zero-order valence-corrected chi connectivity index (χ0v) is 12.8. The highest BCUT2D eigenvalue weighted by molar-refractivity contribution is 5.63. The van der Waals surface area contributed by atoms with Crippen molar-refractivity contribution in [3.05, 3.63) is 41.6 Å². The molecule has 2 rings (SSSR count). The number of para-hydroxylation sites is 1. The van der Waals surface area contributed by atoms with E-state index in [1.807, 2.05) is 6.07 Å². The van der Waals surface area contributed by atoms with Crippen LogP contribution in [0.3, 0.4) is 0 Å². The van der Waals surface area contributed by atoms with Crippen LogP contribution in [-0.2, 0) is 11.2 Å². The minimum absolute atomic E-state index is 0.599. The first kappa shape index (κ1) is 15.3. The Morgan fingerprint density at radius 3 is 2.86 bits per heavy atom. The monoisotopic (exact) mass is 286 g/mol. The van der Waals surface area contributed by atoms with Crippen LogP contribution in [0.4, 0.5) is 17.5 Å². The quantitative estimate of drug-likeness (QED) is 0.766. The maximum absolute atomic E-state index is 5.01. The van der Waals surface area contributed by atoms with Crippen LogP contribution in [0.25, 0.3) is 0 Å². The number of aromatic nitrogens is 2. The fourth-order valence-electron chi connectivity index (χ4n) is 2.11. The van der Waals surface area contributed by atoms with E-state index in [-0.39, 0.29) is 0 Å². The maximum Gasteiger partial charge on any atom is 0.229 e. The van der Waals surface area contributed by atoms with Gasteiger partial charge in [0.05, 0.1) is 6.61 Å². The molecule has 5 heteroatoms. The summed E-state index contributed by atoms with van der Waals surface area (Å²) in [6.45, 7) is 5.59. The van der Waals surface area contributed by atoms with E-state index >= 15 is 0 Å². The van der Waals surface area contributed by atoms with Gasteiger partial charge in [0.15, 0.2) is 0 Å². The van der Waals surface area contributed by atoms with Crippen LogP contribution in [0.15, 0.2) is 30.5 Å². The summed E-state index contributed by atoms with van der Waals surface area (Å²) in [6, 6.07) is 8.13. The molecule has 112 valence electrons. The Bertz CT molecular complexity index is 586. The van der Waals surface area contributed by atoms with E-state index in [9.17, 15) is 0 Å². The predicted octanol–water partition coefficient (Wildman–Crippen LogP) is 3.15. The Morgan fingerprint density at radius 2 is 2.10 bits per heavy atom. The van der Waals surface area contributed by atoms with Crippen LogP contribution in [0, 0.1) is 6.92 Å². The van der Waals surface area contributed by atoms with Crippen LogP contribution in [0.2, 0.25) is 0 Å². The Labute approximate surface area is 125 Å². The highest BCUT2D eigenvalue weighted by Crippen LogP contribution is 2.24. The topological polar surface area (TPSA) is 59.1 Å². The van der Waals surface area contributed by atoms with Gasteiger partial charge in [0.25, 0.3) is 0 Å². The van der Waals surface area contributed by atoms with E-state index in [2.05, 4.69) is 52.6 Å². The molecule has 5 nitrogen and oxygen atoms in total. The summed E-state index contributed by atoms with van der Waals surface area (Å²) in [7, 11) is 1.68. The highest BCUT2D eigenvalue weighted by Gasteiger charge is 2.06. The number of methoxy groups -OCH3 is 1. The van der Waals surface area contributed by atoms with Gasteiger partial charge in [0.2, 0.25) is 5.95 Å². The molecule has 0 spiro atoms. The largest absolute Gasteiger partial charge is 0.383 e. The Balaban J connectivity index is 2.14. The van der Waals surface area contributed by atoms with Crippen molar-refractivity contribution in [2.45, 2.75) is 20.3 Å². The summed E-state index contributed by atoms with van der Waals surface area (Å²) in [6.07, 6.45) is 2.71. The van der Waals surface area contributed by atoms with Crippen LogP contribution in [0.5, 0.6) is 0 Å². The van der Waals surface area contributed by atoms with Crippen LogP contribution in [-0.4, -0.2) is 30.2 Å². The molecule has 0 aliphatic rings. The molecule has 0 amide bonds. The number of nitrogens with one attached hydrogen (secondary N) is 2. The predicted molar refractivity (Wildman–Crippen MR) is 86.2 cm³/mol. The van der Waals surface area contributed by atoms with Gasteiger partial charge < -0.3 is 15.4 Å². The van der Waals surface area contributed by atoms with Gasteiger partial charge in [-0.1, -0.05) is 25.1 Å². The Kier molecular flexibility index (Phi) is 5.51. The maximum atomic E-state index is 5.01. The second-order valence-corrected chi connectivity index (χ2v) is 4.77. The Hall–Kier alpha value is -2.14. The molecule has 0 aliphatic heterocycles. The number of ether oxygens (including phenoxy) is 1. The number of rotatable bonds is 7. The number of nitrogens with zero attached hydrogens (tertiary/aromatic N) is 2. The molecule has 1 aromatic heterocycles. The van der Waals surface area contributed by atoms with E-state index in [0.717, 1.165) is 24.5 Å². The molecule has 1 heterocycles. The van der Waals surface area contributed by atoms with E-state index < -0.39 is 0 Å². The second-order valence-electron chi connectivity index (χ2n) is 4.77. The lowest BCUT2D eigenvalue weighted by Crippen LogP contribution is -2.10. The van der Waals surface area contributed by atoms with Crippen LogP contribution in [0.1, 0.15) is 18.1 Å². The van der Waals surface area contributed by atoms with Gasteiger partial charge >= 0.3 is 0 Å². The van der Waals surface area contributed by atoms with E-state index in [1.54, 1.807) is 13.3 Å². The van der Waals surface area contributed by atoms with Crippen molar-refractivity contribution in [3.8, 4) is 0 Å². The molecular formula is C16H22N4O. The third kappa shape index (κ3) is 4.16. The number of hydrogen-bond donors (Lipinski definition) is 2. The van der Waals surface area contributed by atoms with Crippen LogP contribution < -0.4 is 10.6 Å². The lowest BCUT2D eigenvalue weighted by atomic mass is 10.1. The average molecular weight is 286 g/mol. The summed E-state index contributed by atoms with van der Waals surface area (Å²) in [5, 5.41) is 6.53. The van der Waals surface area contributed by atoms with Gasteiger partial charge in [-0.3, -0.25) is 0 Å². The summed E-state index contributed by atoms with van der Waals surface area (Å²) in [5.74, 6) is 1.39. The van der Waals surface area contributed by atoms with Crippen molar-refractivity contribution in [2.75, 3.05) is 30.9 Å². The molecule has 0 saturated carbocycles. The third-order valence-corrected chi connectivity index (χ3v) is 3.24. The van der Waals surface area contributed by atoms with Crippen molar-refractivity contribution in [1.29, 1.82) is 0 Å². The standard InChI is InChI=1S/C16H22N4O/c1-4-13-7-5-6-12(2)15(13)20-16-18-9-8-14(19-16)17-10-11-21-3/h5-9H,4,10-11H2,1-3H3,(H2,17,18,19,20). The Morgan fingerprint density at radius 1 is 1.24 bits per heavy atom. The van der Waals surface area contributed by atoms with Crippen molar-refractivity contribution in [2.24, 2.45) is 0 Å². The van der Waals surface area contributed by atoms with Gasteiger partial charge in [0, 0.05) is 25.5 Å². The van der Waals surface area contributed by atoms with Crippen LogP contribution >= 0.6 is 0 Å². The van der Waals surface area contributed by atoms with Crippen molar-refractivity contribution in [3.63, 3.8) is 0 Å². The minimum atomic E-state index is 0.599. The van der Waals surface area contributed by atoms with Gasteiger partial charge in [-0.2, -0.15) is 4.98 Å². The molecule has 0 saturated heterocycles. The first-order chi connectivity index (χ1) is 10.2. The zero-order valence-electron chi connectivity index (χ0n) is 12.8. The molecule has 2 N–H and O–H groups in total. The van der Waals surface area contributed by atoms with Gasteiger partial charge in [-0.15, -0.1) is 0 Å². The highest BCUT2D eigenvalue weighted by atomic mass is 16.5. The number of benzene rings is 1. The summed E-state index contributed by atoms with van der Waals surface area (Å²) in [5.41, 5.74) is 3.54.